The Morgan fingerprint density at radius 3 is 2.74 bits per heavy atom. The number of rotatable bonds is 7. The summed E-state index contributed by atoms with van der Waals surface area (Å²) in [5, 5.41) is 15.3. The molecule has 1 amide bonds. The Morgan fingerprint density at radius 2 is 1.97 bits per heavy atom. The summed E-state index contributed by atoms with van der Waals surface area (Å²) in [6.07, 6.45) is 9.96. The zero-order valence-electron chi connectivity index (χ0n) is 19.0. The molecule has 0 radical (unpaired) electrons. The number of hydrogen-bond donors (Lipinski definition) is 1. The van der Waals surface area contributed by atoms with Gasteiger partial charge in [0.2, 0.25) is 18.2 Å². The fourth-order valence-corrected chi connectivity index (χ4v) is 3.67. The molecule has 1 N–H and O–H groups in total. The van der Waals surface area contributed by atoms with Crippen LogP contribution in [0.5, 0.6) is 0 Å². The molecule has 172 valence electrons. The highest BCUT2D eigenvalue weighted by molar-refractivity contribution is 6.03. The molecule has 0 bridgehead atoms. The van der Waals surface area contributed by atoms with E-state index in [0.29, 0.717) is 18.1 Å². The van der Waals surface area contributed by atoms with Gasteiger partial charge in [0.05, 0.1) is 6.54 Å². The van der Waals surface area contributed by atoms with Crippen LogP contribution in [0.4, 0.5) is 5.69 Å². The van der Waals surface area contributed by atoms with Crippen LogP contribution in [0.2, 0.25) is 0 Å². The molecule has 0 fully saturated rings. The quantitative estimate of drug-likeness (QED) is 0.342. The third kappa shape index (κ3) is 5.22. The molecule has 0 spiro atoms. The predicted molar refractivity (Wildman–Crippen MR) is 133 cm³/mol. The number of carbonyl (C=O) groups is 1. The molecule has 0 saturated heterocycles. The van der Waals surface area contributed by atoms with Crippen LogP contribution in [0.15, 0.2) is 96.1 Å². The van der Waals surface area contributed by atoms with Crippen molar-refractivity contribution in [2.45, 2.75) is 13.5 Å². The first-order valence-corrected chi connectivity index (χ1v) is 11.0. The van der Waals surface area contributed by atoms with Gasteiger partial charge in [-0.2, -0.15) is 5.10 Å². The third-order valence-electron chi connectivity index (χ3n) is 5.43. The number of aryl methyl sites for hydroxylation is 1. The summed E-state index contributed by atoms with van der Waals surface area (Å²) in [5.41, 5.74) is 5.91. The van der Waals surface area contributed by atoms with Crippen molar-refractivity contribution in [1.29, 1.82) is 0 Å². The number of carbonyl (C=O) groups excluding carboxylic acids is 1. The zero-order chi connectivity index (χ0) is 24.0. The van der Waals surface area contributed by atoms with Gasteiger partial charge in [0.15, 0.2) is 0 Å². The Kier molecular flexibility index (Phi) is 6.25. The van der Waals surface area contributed by atoms with Gasteiger partial charge in [-0.25, -0.2) is 0 Å². The first-order chi connectivity index (χ1) is 17.2. The number of benzene rings is 2. The van der Waals surface area contributed by atoms with Gasteiger partial charge in [0, 0.05) is 47.0 Å². The molecule has 5 aromatic rings. The van der Waals surface area contributed by atoms with E-state index in [2.05, 4.69) is 32.6 Å². The molecule has 3 aromatic heterocycles. The summed E-state index contributed by atoms with van der Waals surface area (Å²) in [4.78, 5) is 17.0. The van der Waals surface area contributed by atoms with E-state index >= 15 is 0 Å². The molecular formula is C27H22N6O2. The molecule has 2 aromatic carbocycles. The lowest BCUT2D eigenvalue weighted by molar-refractivity contribution is -0.111. The zero-order valence-corrected chi connectivity index (χ0v) is 19.0. The summed E-state index contributed by atoms with van der Waals surface area (Å²) >= 11 is 0. The van der Waals surface area contributed by atoms with E-state index < -0.39 is 0 Å². The van der Waals surface area contributed by atoms with E-state index in [0.717, 1.165) is 33.5 Å². The highest BCUT2D eigenvalue weighted by atomic mass is 16.4. The van der Waals surface area contributed by atoms with Crippen LogP contribution in [0, 0.1) is 6.92 Å². The van der Waals surface area contributed by atoms with E-state index in [9.17, 15) is 4.79 Å². The topological polar surface area (TPSA) is 98.7 Å². The number of amides is 1. The highest BCUT2D eigenvalue weighted by Crippen LogP contribution is 2.25. The Balaban J connectivity index is 1.39. The lowest BCUT2D eigenvalue weighted by Crippen LogP contribution is -2.09. The summed E-state index contributed by atoms with van der Waals surface area (Å²) in [6.45, 7) is 2.54. The fourth-order valence-electron chi connectivity index (χ4n) is 3.67. The van der Waals surface area contributed by atoms with Crippen LogP contribution in [-0.4, -0.2) is 30.9 Å². The molecule has 5 rings (SSSR count). The minimum Gasteiger partial charge on any atom is -0.423 e. The summed E-state index contributed by atoms with van der Waals surface area (Å²) in [6, 6.07) is 19.5. The van der Waals surface area contributed by atoms with Crippen molar-refractivity contribution in [3.8, 4) is 22.7 Å². The van der Waals surface area contributed by atoms with Crippen molar-refractivity contribution in [3.63, 3.8) is 0 Å². The monoisotopic (exact) mass is 462 g/mol. The smallest absolute Gasteiger partial charge is 0.248 e. The van der Waals surface area contributed by atoms with Crippen LogP contribution >= 0.6 is 0 Å². The Bertz CT molecular complexity index is 1460. The Labute approximate surface area is 202 Å². The number of anilines is 1. The minimum absolute atomic E-state index is 0.260. The van der Waals surface area contributed by atoms with Crippen molar-refractivity contribution >= 4 is 17.7 Å². The molecule has 3 heterocycles. The van der Waals surface area contributed by atoms with Gasteiger partial charge in [-0.05, 0) is 48.4 Å². The standard InChI is InChI=1S/C27H22N6O2/c1-19-9-10-21(27-31-29-18-35-27)14-24(19)30-25(34)12-11-23-17-33(16-20-6-3-2-4-7-20)32-26(23)22-8-5-13-28-15-22/h2-15,17-18H,16H2,1H3,(H,30,34). The average Bonchev–Trinajstić information content (AvgIpc) is 3.56. The average molecular weight is 463 g/mol. The van der Waals surface area contributed by atoms with Crippen LogP contribution in [0.3, 0.4) is 0 Å². The van der Waals surface area contributed by atoms with E-state index in [1.54, 1.807) is 18.5 Å². The van der Waals surface area contributed by atoms with Crippen molar-refractivity contribution in [2.75, 3.05) is 5.32 Å². The van der Waals surface area contributed by atoms with Crippen molar-refractivity contribution in [1.82, 2.24) is 25.0 Å². The number of nitrogens with zero attached hydrogens (tertiary/aromatic N) is 5. The molecule has 0 aliphatic carbocycles. The summed E-state index contributed by atoms with van der Waals surface area (Å²) < 4.78 is 7.13. The molecule has 0 aliphatic heterocycles. The van der Waals surface area contributed by atoms with Crippen LogP contribution in [0.1, 0.15) is 16.7 Å². The van der Waals surface area contributed by atoms with Gasteiger partial charge in [0.25, 0.3) is 0 Å². The Morgan fingerprint density at radius 1 is 1.09 bits per heavy atom. The predicted octanol–water partition coefficient (Wildman–Crippen LogP) is 5.00. The van der Waals surface area contributed by atoms with E-state index in [1.165, 1.54) is 12.5 Å². The first kappa shape index (κ1) is 22.0. The largest absolute Gasteiger partial charge is 0.423 e. The number of hydrogen-bond acceptors (Lipinski definition) is 6. The number of pyridine rings is 1. The molecule has 0 atom stereocenters. The minimum atomic E-state index is -0.260. The van der Waals surface area contributed by atoms with Gasteiger partial charge >= 0.3 is 0 Å². The van der Waals surface area contributed by atoms with Crippen molar-refractivity contribution in [3.05, 3.63) is 108 Å². The van der Waals surface area contributed by atoms with Crippen molar-refractivity contribution in [2.24, 2.45) is 0 Å². The second-order valence-corrected chi connectivity index (χ2v) is 7.95. The van der Waals surface area contributed by atoms with Crippen LogP contribution in [-0.2, 0) is 11.3 Å². The Hall–Kier alpha value is -4.85. The number of nitrogens with one attached hydrogen (secondary N) is 1. The van der Waals surface area contributed by atoms with Crippen molar-refractivity contribution < 1.29 is 9.21 Å². The molecular weight excluding hydrogens is 440 g/mol. The van der Waals surface area contributed by atoms with Gasteiger partial charge in [-0.3, -0.25) is 14.5 Å². The van der Waals surface area contributed by atoms with E-state index in [-0.39, 0.29) is 5.91 Å². The van der Waals surface area contributed by atoms with Gasteiger partial charge in [-0.1, -0.05) is 36.4 Å². The van der Waals surface area contributed by atoms with Gasteiger partial charge < -0.3 is 9.73 Å². The van der Waals surface area contributed by atoms with E-state index in [4.69, 9.17) is 9.52 Å². The number of aromatic nitrogens is 5. The lowest BCUT2D eigenvalue weighted by Gasteiger charge is -2.07. The summed E-state index contributed by atoms with van der Waals surface area (Å²) in [7, 11) is 0. The van der Waals surface area contributed by atoms with Gasteiger partial charge in [-0.15, -0.1) is 10.2 Å². The lowest BCUT2D eigenvalue weighted by atomic mass is 10.1. The third-order valence-corrected chi connectivity index (χ3v) is 5.43. The van der Waals surface area contributed by atoms with Crippen LogP contribution < -0.4 is 5.32 Å². The maximum Gasteiger partial charge on any atom is 0.248 e. The fraction of sp³-hybridized carbons (Fsp3) is 0.0741. The normalized spacial score (nSPS) is 11.1. The molecule has 0 unspecified atom stereocenters. The summed E-state index contributed by atoms with van der Waals surface area (Å²) in [5.74, 6) is 0.131. The first-order valence-electron chi connectivity index (χ1n) is 11.0. The molecule has 0 saturated carbocycles. The SMILES string of the molecule is Cc1ccc(-c2nnco2)cc1NC(=O)C=Cc1cn(Cc2ccccc2)nc1-c1cccnc1. The maximum absolute atomic E-state index is 12.8. The maximum atomic E-state index is 12.8. The molecule has 8 heteroatoms. The van der Waals surface area contributed by atoms with Crippen LogP contribution in [0.25, 0.3) is 28.8 Å². The molecule has 0 aliphatic rings. The second kappa shape index (κ2) is 9.96. The second-order valence-electron chi connectivity index (χ2n) is 7.95. The van der Waals surface area contributed by atoms with Gasteiger partial charge in [0.1, 0.15) is 5.69 Å². The van der Waals surface area contributed by atoms with E-state index in [1.807, 2.05) is 66.3 Å². The highest BCUT2D eigenvalue weighted by Gasteiger charge is 2.12. The molecule has 35 heavy (non-hydrogen) atoms. The molecule has 8 nitrogen and oxygen atoms in total.